The van der Waals surface area contributed by atoms with Crippen LogP contribution in [-0.4, -0.2) is 12.6 Å². The van der Waals surface area contributed by atoms with Gasteiger partial charge in [0.1, 0.15) is 11.6 Å². The number of hydrogen-bond acceptors (Lipinski definition) is 3. The maximum atomic E-state index is 12.0. The summed E-state index contributed by atoms with van der Waals surface area (Å²) in [5, 5.41) is 14.1. The highest BCUT2D eigenvalue weighted by Gasteiger charge is 2.13. The molecule has 3 nitrogen and oxygen atoms in total. The van der Waals surface area contributed by atoms with Gasteiger partial charge in [-0.2, -0.15) is 5.26 Å². The number of hydrogen-bond donors (Lipinski definition) is 0. The molecule has 0 amide bonds. The second kappa shape index (κ2) is 5.26. The third-order valence-corrected chi connectivity index (χ3v) is 3.52. The van der Waals surface area contributed by atoms with E-state index < -0.39 is 5.97 Å². The van der Waals surface area contributed by atoms with Crippen molar-refractivity contribution < 1.29 is 9.53 Å². The summed E-state index contributed by atoms with van der Waals surface area (Å²) in [5.74, 6) is -0.573. The molecule has 0 atom stereocenters. The van der Waals surface area contributed by atoms with Crippen LogP contribution in [0.5, 0.6) is 0 Å². The normalized spacial score (nSPS) is 12.2. The van der Waals surface area contributed by atoms with Crippen LogP contribution in [0, 0.1) is 11.3 Å². The van der Waals surface area contributed by atoms with Crippen LogP contribution in [0.1, 0.15) is 6.92 Å². The molecule has 0 N–H and O–H groups in total. The summed E-state index contributed by atoms with van der Waals surface area (Å²) in [5.41, 5.74) is 0.0510. The van der Waals surface area contributed by atoms with E-state index in [2.05, 4.69) is 0 Å². The SMILES string of the molecule is CCOC(=O)/C(C#N)=c1/ccc2cccc3cccc1c32. The summed E-state index contributed by atoms with van der Waals surface area (Å²) in [4.78, 5) is 12.0. The van der Waals surface area contributed by atoms with Crippen LogP contribution in [0.4, 0.5) is 0 Å². The Morgan fingerprint density at radius 1 is 1.10 bits per heavy atom. The molecule has 0 fully saturated rings. The highest BCUT2D eigenvalue weighted by atomic mass is 16.5. The minimum atomic E-state index is -0.573. The lowest BCUT2D eigenvalue weighted by atomic mass is 9.97. The Kier molecular flexibility index (Phi) is 3.29. The lowest BCUT2D eigenvalue weighted by Gasteiger charge is -2.07. The van der Waals surface area contributed by atoms with Crippen LogP contribution in [-0.2, 0) is 9.53 Å². The molecular weight excluding hydrogens is 262 g/mol. The monoisotopic (exact) mass is 275 g/mol. The van der Waals surface area contributed by atoms with E-state index >= 15 is 0 Å². The molecule has 0 aliphatic carbocycles. The van der Waals surface area contributed by atoms with Crippen LogP contribution < -0.4 is 5.22 Å². The number of carbonyl (C=O) groups is 1. The number of rotatable bonds is 2. The van der Waals surface area contributed by atoms with Crippen molar-refractivity contribution >= 4 is 33.1 Å². The van der Waals surface area contributed by atoms with Crippen LogP contribution in [0.15, 0.2) is 48.5 Å². The van der Waals surface area contributed by atoms with E-state index in [0.717, 1.165) is 21.5 Å². The molecule has 0 aromatic heterocycles. The van der Waals surface area contributed by atoms with Crippen molar-refractivity contribution in [1.82, 2.24) is 0 Å². The Bertz CT molecular complexity index is 912. The molecule has 0 unspecified atom stereocenters. The summed E-state index contributed by atoms with van der Waals surface area (Å²) in [6.07, 6.45) is 0. The number of esters is 1. The molecule has 0 aliphatic heterocycles. The summed E-state index contributed by atoms with van der Waals surface area (Å²) in [6.45, 7) is 1.98. The predicted molar refractivity (Wildman–Crippen MR) is 82.3 cm³/mol. The Hall–Kier alpha value is -2.86. The Morgan fingerprint density at radius 3 is 2.43 bits per heavy atom. The van der Waals surface area contributed by atoms with E-state index in [4.69, 9.17) is 4.74 Å². The summed E-state index contributed by atoms with van der Waals surface area (Å²) >= 11 is 0. The molecule has 0 spiro atoms. The van der Waals surface area contributed by atoms with Gasteiger partial charge in [0.25, 0.3) is 0 Å². The van der Waals surface area contributed by atoms with Gasteiger partial charge >= 0.3 is 5.97 Å². The van der Waals surface area contributed by atoms with Crippen molar-refractivity contribution in [3.05, 3.63) is 53.7 Å². The predicted octanol–water partition coefficient (Wildman–Crippen LogP) is 2.95. The molecule has 0 radical (unpaired) electrons. The second-order valence-electron chi connectivity index (χ2n) is 4.71. The van der Waals surface area contributed by atoms with Gasteiger partial charge in [0.05, 0.1) is 6.61 Å². The van der Waals surface area contributed by atoms with Gasteiger partial charge in [-0.3, -0.25) is 0 Å². The minimum absolute atomic E-state index is 0.0510. The zero-order valence-corrected chi connectivity index (χ0v) is 11.6. The largest absolute Gasteiger partial charge is 0.462 e. The zero-order chi connectivity index (χ0) is 14.8. The van der Waals surface area contributed by atoms with Gasteiger partial charge < -0.3 is 4.74 Å². The van der Waals surface area contributed by atoms with E-state index in [-0.39, 0.29) is 12.2 Å². The fraction of sp³-hybridized carbons (Fsp3) is 0.111. The molecule has 0 aliphatic rings. The third-order valence-electron chi connectivity index (χ3n) is 3.52. The average Bonchev–Trinajstić information content (AvgIpc) is 2.51. The number of nitrogens with zero attached hydrogens (tertiary/aromatic N) is 1. The first-order valence-electron chi connectivity index (χ1n) is 6.78. The third kappa shape index (κ3) is 2.11. The van der Waals surface area contributed by atoms with Crippen molar-refractivity contribution in [3.8, 4) is 6.07 Å². The maximum Gasteiger partial charge on any atom is 0.349 e. The number of carbonyl (C=O) groups excluding carboxylic acids is 1. The second-order valence-corrected chi connectivity index (χ2v) is 4.71. The van der Waals surface area contributed by atoms with E-state index in [1.807, 2.05) is 54.6 Å². The topological polar surface area (TPSA) is 50.1 Å². The van der Waals surface area contributed by atoms with E-state index in [1.165, 1.54) is 0 Å². The Morgan fingerprint density at radius 2 is 1.76 bits per heavy atom. The van der Waals surface area contributed by atoms with Gasteiger partial charge in [-0.1, -0.05) is 48.5 Å². The van der Waals surface area contributed by atoms with Crippen molar-refractivity contribution in [2.75, 3.05) is 6.61 Å². The van der Waals surface area contributed by atoms with E-state index in [9.17, 15) is 10.1 Å². The van der Waals surface area contributed by atoms with E-state index in [0.29, 0.717) is 5.22 Å². The van der Waals surface area contributed by atoms with Gasteiger partial charge in [-0.05, 0) is 28.5 Å². The van der Waals surface area contributed by atoms with Crippen molar-refractivity contribution in [2.24, 2.45) is 0 Å². The lowest BCUT2D eigenvalue weighted by Crippen LogP contribution is -2.16. The molecule has 102 valence electrons. The fourth-order valence-corrected chi connectivity index (χ4v) is 2.63. The molecule has 0 heterocycles. The van der Waals surface area contributed by atoms with Gasteiger partial charge in [0.15, 0.2) is 0 Å². The first kappa shape index (κ1) is 13.1. The van der Waals surface area contributed by atoms with Gasteiger partial charge in [0, 0.05) is 5.22 Å². The lowest BCUT2D eigenvalue weighted by molar-refractivity contribution is -0.136. The van der Waals surface area contributed by atoms with Crippen LogP contribution in [0.2, 0.25) is 0 Å². The zero-order valence-electron chi connectivity index (χ0n) is 11.6. The Labute approximate surface area is 122 Å². The Balaban J connectivity index is 2.47. The minimum Gasteiger partial charge on any atom is -0.462 e. The standard InChI is InChI=1S/C18H13NO2/c1-2-21-18(20)16(11-19)14-10-9-13-6-3-5-12-7-4-8-15(14)17(12)13/h3-10H,2H2,1H3/b16-14-. The average molecular weight is 275 g/mol. The molecule has 21 heavy (non-hydrogen) atoms. The first-order chi connectivity index (χ1) is 10.3. The van der Waals surface area contributed by atoms with Crippen molar-refractivity contribution in [3.63, 3.8) is 0 Å². The number of nitriles is 1. The first-order valence-corrected chi connectivity index (χ1v) is 6.78. The molecule has 3 aromatic carbocycles. The molecule has 0 bridgehead atoms. The molecule has 3 aromatic rings. The molecule has 3 heteroatoms. The van der Waals surface area contributed by atoms with Crippen LogP contribution in [0.25, 0.3) is 27.1 Å². The van der Waals surface area contributed by atoms with E-state index in [1.54, 1.807) is 6.92 Å². The van der Waals surface area contributed by atoms with Crippen LogP contribution >= 0.6 is 0 Å². The smallest absolute Gasteiger partial charge is 0.349 e. The van der Waals surface area contributed by atoms with Crippen molar-refractivity contribution in [2.45, 2.75) is 6.92 Å². The van der Waals surface area contributed by atoms with Gasteiger partial charge in [-0.25, -0.2) is 4.79 Å². The molecule has 0 saturated heterocycles. The summed E-state index contributed by atoms with van der Waals surface area (Å²) in [7, 11) is 0. The summed E-state index contributed by atoms with van der Waals surface area (Å²) in [6, 6.07) is 17.7. The number of ether oxygens (including phenoxy) is 1. The highest BCUT2D eigenvalue weighted by Crippen LogP contribution is 2.24. The molecule has 3 rings (SSSR count). The van der Waals surface area contributed by atoms with Crippen LogP contribution in [0.3, 0.4) is 0 Å². The fourth-order valence-electron chi connectivity index (χ4n) is 2.63. The van der Waals surface area contributed by atoms with Crippen molar-refractivity contribution in [1.29, 1.82) is 5.26 Å². The molecule has 0 saturated carbocycles. The molecular formula is C18H13NO2. The highest BCUT2D eigenvalue weighted by molar-refractivity contribution is 6.19. The summed E-state index contributed by atoms with van der Waals surface area (Å²) < 4.78 is 4.98. The quantitative estimate of drug-likeness (QED) is 0.676. The van der Waals surface area contributed by atoms with Gasteiger partial charge in [0.2, 0.25) is 0 Å². The number of benzene rings is 3. The van der Waals surface area contributed by atoms with Gasteiger partial charge in [-0.15, -0.1) is 0 Å². The maximum absolute atomic E-state index is 12.0.